The zero-order valence-corrected chi connectivity index (χ0v) is 24.4. The van der Waals surface area contributed by atoms with Gasteiger partial charge in [0.1, 0.15) is 32.2 Å². The Morgan fingerprint density at radius 1 is 0.846 bits per heavy atom. The van der Waals surface area contributed by atoms with E-state index in [-0.39, 0.29) is 18.2 Å². The van der Waals surface area contributed by atoms with Crippen LogP contribution in [-0.4, -0.2) is 50.9 Å². The molecule has 8 nitrogen and oxygen atoms in total. The zero-order chi connectivity index (χ0) is 28.5. The van der Waals surface area contributed by atoms with E-state index in [0.29, 0.717) is 24.3 Å². The molecule has 0 aromatic heterocycles. The van der Waals surface area contributed by atoms with E-state index in [1.165, 1.54) is 47.6 Å². The third-order valence-electron chi connectivity index (χ3n) is 7.32. The SMILES string of the molecule is CNC(=O)/C(=N/OC)C1=C(CO/N=C(C)/C(=N/OC)c2ccc(C3=CCC(C)=C(C)C3)cc2)CC(C)=C(C)C1. The van der Waals surface area contributed by atoms with Gasteiger partial charge in [-0.3, -0.25) is 4.79 Å². The number of carbonyl (C=O) groups is 1. The van der Waals surface area contributed by atoms with Crippen molar-refractivity contribution in [3.05, 3.63) is 74.9 Å². The molecule has 0 fully saturated rings. The van der Waals surface area contributed by atoms with E-state index >= 15 is 0 Å². The molecule has 2 aliphatic carbocycles. The highest BCUT2D eigenvalue weighted by atomic mass is 16.6. The lowest BCUT2D eigenvalue weighted by molar-refractivity contribution is -0.114. The van der Waals surface area contributed by atoms with Crippen LogP contribution in [0.5, 0.6) is 0 Å². The van der Waals surface area contributed by atoms with Gasteiger partial charge >= 0.3 is 0 Å². The second-order valence-electron chi connectivity index (χ2n) is 10.0. The van der Waals surface area contributed by atoms with Crippen molar-refractivity contribution < 1.29 is 19.3 Å². The van der Waals surface area contributed by atoms with Crippen molar-refractivity contribution in [2.24, 2.45) is 15.5 Å². The summed E-state index contributed by atoms with van der Waals surface area (Å²) in [6.45, 7) is 10.6. The van der Waals surface area contributed by atoms with E-state index < -0.39 is 0 Å². The molecule has 0 unspecified atom stereocenters. The van der Waals surface area contributed by atoms with Crippen LogP contribution in [0.1, 0.15) is 71.4 Å². The summed E-state index contributed by atoms with van der Waals surface area (Å²) in [6.07, 6.45) is 5.54. The molecule has 1 N–H and O–H groups in total. The molecule has 0 radical (unpaired) electrons. The predicted molar refractivity (Wildman–Crippen MR) is 158 cm³/mol. The van der Waals surface area contributed by atoms with Crippen LogP contribution < -0.4 is 5.32 Å². The summed E-state index contributed by atoms with van der Waals surface area (Å²) in [7, 11) is 4.51. The topological polar surface area (TPSA) is 93.9 Å². The van der Waals surface area contributed by atoms with Gasteiger partial charge in [0.05, 0.1) is 0 Å². The average molecular weight is 533 g/mol. The lowest BCUT2D eigenvalue weighted by atomic mass is 9.85. The number of nitrogens with zero attached hydrogens (tertiary/aromatic N) is 3. The average Bonchev–Trinajstić information content (AvgIpc) is 2.93. The van der Waals surface area contributed by atoms with Gasteiger partial charge in [-0.1, -0.05) is 68.1 Å². The quantitative estimate of drug-likeness (QED) is 0.223. The number of amides is 1. The van der Waals surface area contributed by atoms with Crippen molar-refractivity contribution in [2.75, 3.05) is 27.9 Å². The largest absolute Gasteiger partial charge is 0.399 e. The fourth-order valence-corrected chi connectivity index (χ4v) is 4.64. The normalized spacial score (nSPS) is 17.3. The molecule has 1 aromatic rings. The number of hydrogen-bond donors (Lipinski definition) is 1. The molecule has 0 spiro atoms. The number of hydrogen-bond acceptors (Lipinski definition) is 7. The molecule has 0 saturated carbocycles. The third kappa shape index (κ3) is 7.34. The molecule has 0 heterocycles. The maximum Gasteiger partial charge on any atom is 0.273 e. The number of rotatable bonds is 10. The van der Waals surface area contributed by atoms with Crippen LogP contribution in [0.15, 0.2) is 79.2 Å². The van der Waals surface area contributed by atoms with Crippen molar-refractivity contribution in [3.63, 3.8) is 0 Å². The van der Waals surface area contributed by atoms with E-state index in [2.05, 4.69) is 66.7 Å². The Morgan fingerprint density at radius 2 is 1.46 bits per heavy atom. The Morgan fingerprint density at radius 3 is 2.08 bits per heavy atom. The summed E-state index contributed by atoms with van der Waals surface area (Å²) in [4.78, 5) is 28.4. The Kier molecular flexibility index (Phi) is 10.4. The third-order valence-corrected chi connectivity index (χ3v) is 7.32. The molecule has 0 bridgehead atoms. The highest BCUT2D eigenvalue weighted by Crippen LogP contribution is 2.32. The molecule has 208 valence electrons. The van der Waals surface area contributed by atoms with Gasteiger partial charge in [-0.15, -0.1) is 0 Å². The summed E-state index contributed by atoms with van der Waals surface area (Å²) >= 11 is 0. The Labute approximate surface area is 231 Å². The fourth-order valence-electron chi connectivity index (χ4n) is 4.64. The predicted octanol–water partition coefficient (Wildman–Crippen LogP) is 6.12. The van der Waals surface area contributed by atoms with Crippen LogP contribution in [0.4, 0.5) is 0 Å². The van der Waals surface area contributed by atoms with Gasteiger partial charge in [0.2, 0.25) is 0 Å². The van der Waals surface area contributed by atoms with E-state index in [1.54, 1.807) is 7.05 Å². The minimum atomic E-state index is -0.306. The van der Waals surface area contributed by atoms with Gasteiger partial charge in [0.15, 0.2) is 5.71 Å². The lowest BCUT2D eigenvalue weighted by Crippen LogP contribution is -2.31. The Hall–Kier alpha value is -3.94. The molecule has 39 heavy (non-hydrogen) atoms. The molecule has 2 aliphatic rings. The minimum Gasteiger partial charge on any atom is -0.399 e. The first-order valence-electron chi connectivity index (χ1n) is 13.1. The molecular formula is C31H40N4O4. The first kappa shape index (κ1) is 29.6. The maximum atomic E-state index is 12.5. The lowest BCUT2D eigenvalue weighted by Gasteiger charge is -2.22. The van der Waals surface area contributed by atoms with Gasteiger partial charge in [-0.25, -0.2) is 0 Å². The zero-order valence-electron chi connectivity index (χ0n) is 24.4. The monoisotopic (exact) mass is 532 g/mol. The number of allylic oxidation sites excluding steroid dienone is 6. The van der Waals surface area contributed by atoms with Crippen molar-refractivity contribution in [1.29, 1.82) is 0 Å². The molecule has 0 atom stereocenters. The van der Waals surface area contributed by atoms with Gasteiger partial charge < -0.3 is 19.8 Å². The smallest absolute Gasteiger partial charge is 0.273 e. The number of oxime groups is 3. The molecular weight excluding hydrogens is 492 g/mol. The summed E-state index contributed by atoms with van der Waals surface area (Å²) in [6, 6.07) is 8.28. The van der Waals surface area contributed by atoms with Gasteiger partial charge in [-0.05, 0) is 82.6 Å². The first-order valence-corrected chi connectivity index (χ1v) is 13.1. The van der Waals surface area contributed by atoms with Crippen LogP contribution >= 0.6 is 0 Å². The molecule has 1 amide bonds. The number of nitrogens with one attached hydrogen (secondary N) is 1. The van der Waals surface area contributed by atoms with Crippen LogP contribution in [0.25, 0.3) is 5.57 Å². The van der Waals surface area contributed by atoms with Crippen molar-refractivity contribution >= 4 is 28.6 Å². The Bertz CT molecular complexity index is 1310. The second-order valence-corrected chi connectivity index (χ2v) is 10.0. The maximum absolute atomic E-state index is 12.5. The van der Waals surface area contributed by atoms with Gasteiger partial charge in [0, 0.05) is 12.6 Å². The molecule has 8 heteroatoms. The van der Waals surface area contributed by atoms with Crippen molar-refractivity contribution in [2.45, 2.75) is 60.3 Å². The minimum absolute atomic E-state index is 0.205. The summed E-state index contributed by atoms with van der Waals surface area (Å²) in [5.41, 5.74) is 11.9. The summed E-state index contributed by atoms with van der Waals surface area (Å²) in [5, 5.41) is 15.2. The molecule has 0 aliphatic heterocycles. The number of benzene rings is 1. The van der Waals surface area contributed by atoms with Crippen LogP contribution in [-0.2, 0) is 19.3 Å². The second kappa shape index (κ2) is 13.7. The van der Waals surface area contributed by atoms with E-state index in [1.807, 2.05) is 19.1 Å². The molecule has 3 rings (SSSR count). The highest BCUT2D eigenvalue weighted by Gasteiger charge is 2.25. The van der Waals surface area contributed by atoms with Crippen LogP contribution in [0.3, 0.4) is 0 Å². The van der Waals surface area contributed by atoms with E-state index in [0.717, 1.165) is 29.6 Å². The first-order chi connectivity index (χ1) is 18.7. The van der Waals surface area contributed by atoms with E-state index in [9.17, 15) is 4.79 Å². The van der Waals surface area contributed by atoms with E-state index in [4.69, 9.17) is 14.5 Å². The fraction of sp³-hybridized carbons (Fsp3) is 0.419. The summed E-state index contributed by atoms with van der Waals surface area (Å²) in [5.74, 6) is -0.306. The van der Waals surface area contributed by atoms with Crippen LogP contribution in [0.2, 0.25) is 0 Å². The van der Waals surface area contributed by atoms with Gasteiger partial charge in [0.25, 0.3) is 5.91 Å². The highest BCUT2D eigenvalue weighted by molar-refractivity contribution is 6.47. The van der Waals surface area contributed by atoms with Gasteiger partial charge in [-0.2, -0.15) is 0 Å². The standard InChI is InChI=1S/C31H40N4O4/c1-19-9-10-26(15-20(19)2)24-11-13-25(14-12-24)29(34-37-7)23(5)33-39-18-27-16-21(3)22(4)17-28(27)30(35-38-8)31(36)32-6/h10-14H,9,15-18H2,1-8H3,(H,32,36)/b33-23+,34-29-,35-30+. The van der Waals surface area contributed by atoms with Crippen LogP contribution in [0, 0.1) is 0 Å². The number of carbonyl (C=O) groups excluding carboxylic acids is 1. The van der Waals surface area contributed by atoms with Crippen molar-refractivity contribution in [3.8, 4) is 0 Å². The van der Waals surface area contributed by atoms with Crippen molar-refractivity contribution in [1.82, 2.24) is 5.32 Å². The Balaban J connectivity index is 1.80. The summed E-state index contributed by atoms with van der Waals surface area (Å²) < 4.78 is 0. The molecule has 1 aromatic carbocycles. The molecule has 0 saturated heterocycles.